The second-order valence-corrected chi connectivity index (χ2v) is 10.6. The van der Waals surface area contributed by atoms with Gasteiger partial charge in [0, 0.05) is 5.02 Å². The quantitative estimate of drug-likeness (QED) is 0.284. The first-order valence-electron chi connectivity index (χ1n) is 11.8. The number of benzene rings is 3. The Bertz CT molecular complexity index is 1430. The summed E-state index contributed by atoms with van der Waals surface area (Å²) in [7, 11) is 0. The maximum Gasteiger partial charge on any atom is 0.392 e. The first kappa shape index (κ1) is 30.0. The molecule has 0 spiro atoms. The summed E-state index contributed by atoms with van der Waals surface area (Å²) in [5, 5.41) is 21.9. The smallest absolute Gasteiger partial charge is 0.392 e. The Morgan fingerprint density at radius 1 is 1.03 bits per heavy atom. The molecule has 3 rings (SSSR count). The molecule has 1 amide bonds. The largest absolute Gasteiger partial charge is 0.481 e. The van der Waals surface area contributed by atoms with Crippen LogP contribution in [-0.2, 0) is 21.4 Å². The van der Waals surface area contributed by atoms with E-state index < -0.39 is 35.3 Å². The Morgan fingerprint density at radius 2 is 1.67 bits per heavy atom. The molecule has 204 valence electrons. The fraction of sp³-hybridized carbons (Fsp3) is 0.276. The van der Waals surface area contributed by atoms with Crippen molar-refractivity contribution < 1.29 is 27.9 Å². The van der Waals surface area contributed by atoms with Crippen molar-refractivity contribution in [1.29, 1.82) is 5.26 Å². The standard InChI is InChI=1S/C29H25Cl2F3N2O3/c1-16(29(32,33)34)26(17-5-9-21(30)10-6-17)27(39)36-24-12-18(7-11-23(24)31)22-14-20(28(2,3)15-35)8-4-19(22)13-25(37)38/h4-12,14,16,26H,13H2,1-3H3,(H,36,39)(H,37,38)/t16-,26+/m1/s1. The molecular formula is C29H25Cl2F3N2O3. The molecule has 0 fully saturated rings. The van der Waals surface area contributed by atoms with Crippen molar-refractivity contribution in [2.24, 2.45) is 5.92 Å². The van der Waals surface area contributed by atoms with Crippen molar-refractivity contribution in [2.75, 3.05) is 5.32 Å². The van der Waals surface area contributed by atoms with Crippen LogP contribution in [0.1, 0.15) is 43.4 Å². The number of halogens is 5. The van der Waals surface area contributed by atoms with Crippen LogP contribution in [-0.4, -0.2) is 23.2 Å². The van der Waals surface area contributed by atoms with Crippen molar-refractivity contribution in [1.82, 2.24) is 0 Å². The van der Waals surface area contributed by atoms with Gasteiger partial charge in [-0.1, -0.05) is 60.5 Å². The van der Waals surface area contributed by atoms with Gasteiger partial charge in [0.15, 0.2) is 0 Å². The zero-order chi connectivity index (χ0) is 29.1. The molecule has 0 radical (unpaired) electrons. The van der Waals surface area contributed by atoms with Crippen molar-refractivity contribution in [2.45, 2.75) is 44.7 Å². The molecule has 0 bridgehead atoms. The van der Waals surface area contributed by atoms with Gasteiger partial charge in [0.1, 0.15) is 0 Å². The van der Waals surface area contributed by atoms with E-state index in [-0.39, 0.29) is 22.7 Å². The number of alkyl halides is 3. The van der Waals surface area contributed by atoms with Crippen LogP contribution >= 0.6 is 23.2 Å². The number of rotatable bonds is 8. The Morgan fingerprint density at radius 3 is 2.23 bits per heavy atom. The lowest BCUT2D eigenvalue weighted by atomic mass is 9.83. The summed E-state index contributed by atoms with van der Waals surface area (Å²) < 4.78 is 41.2. The van der Waals surface area contributed by atoms with E-state index in [9.17, 15) is 33.1 Å². The van der Waals surface area contributed by atoms with Gasteiger partial charge < -0.3 is 10.4 Å². The lowest BCUT2D eigenvalue weighted by Crippen LogP contribution is -2.34. The second kappa shape index (κ2) is 11.7. The fourth-order valence-electron chi connectivity index (χ4n) is 4.14. The third-order valence-corrected chi connectivity index (χ3v) is 7.10. The number of anilines is 1. The monoisotopic (exact) mass is 576 g/mol. The summed E-state index contributed by atoms with van der Waals surface area (Å²) in [6, 6.07) is 17.3. The van der Waals surface area contributed by atoms with Crippen LogP contribution in [0.3, 0.4) is 0 Å². The average molecular weight is 577 g/mol. The number of hydrogen-bond acceptors (Lipinski definition) is 3. The van der Waals surface area contributed by atoms with Gasteiger partial charge >= 0.3 is 12.1 Å². The lowest BCUT2D eigenvalue weighted by molar-refractivity contribution is -0.178. The van der Waals surface area contributed by atoms with Crippen LogP contribution < -0.4 is 5.32 Å². The van der Waals surface area contributed by atoms with Crippen molar-refractivity contribution in [3.8, 4) is 17.2 Å². The average Bonchev–Trinajstić information content (AvgIpc) is 2.86. The van der Waals surface area contributed by atoms with Crippen LogP contribution in [0.15, 0.2) is 60.7 Å². The molecule has 3 aromatic carbocycles. The Hall–Kier alpha value is -3.54. The lowest BCUT2D eigenvalue weighted by Gasteiger charge is -2.26. The van der Waals surface area contributed by atoms with Gasteiger partial charge in [0.2, 0.25) is 5.91 Å². The zero-order valence-electron chi connectivity index (χ0n) is 21.2. The molecule has 10 heteroatoms. The van der Waals surface area contributed by atoms with Crippen LogP contribution in [0.5, 0.6) is 0 Å². The number of carboxylic acid groups (broad SMARTS) is 1. The summed E-state index contributed by atoms with van der Waals surface area (Å²) in [6.45, 7) is 4.36. The van der Waals surface area contributed by atoms with Crippen LogP contribution in [0.25, 0.3) is 11.1 Å². The van der Waals surface area contributed by atoms with Crippen molar-refractivity contribution >= 4 is 40.8 Å². The van der Waals surface area contributed by atoms with E-state index in [1.54, 1.807) is 38.1 Å². The number of nitriles is 1. The third-order valence-electron chi connectivity index (χ3n) is 6.52. The minimum Gasteiger partial charge on any atom is -0.481 e. The maximum atomic E-state index is 13.7. The normalized spacial score (nSPS) is 13.3. The number of carbonyl (C=O) groups is 2. The Balaban J connectivity index is 2.08. The number of hydrogen-bond donors (Lipinski definition) is 2. The molecule has 0 unspecified atom stereocenters. The summed E-state index contributed by atoms with van der Waals surface area (Å²) in [5.74, 6) is -5.61. The topological polar surface area (TPSA) is 90.2 Å². The van der Waals surface area contributed by atoms with Gasteiger partial charge in [0.25, 0.3) is 0 Å². The van der Waals surface area contributed by atoms with Gasteiger partial charge in [-0.15, -0.1) is 0 Å². The number of carboxylic acids is 1. The fourth-order valence-corrected chi connectivity index (χ4v) is 4.43. The molecule has 2 atom stereocenters. The zero-order valence-corrected chi connectivity index (χ0v) is 22.7. The minimum absolute atomic E-state index is 0.0544. The maximum absolute atomic E-state index is 13.7. The molecule has 0 aliphatic carbocycles. The van der Waals surface area contributed by atoms with Gasteiger partial charge in [-0.2, -0.15) is 18.4 Å². The molecule has 0 aliphatic heterocycles. The highest BCUT2D eigenvalue weighted by atomic mass is 35.5. The Kier molecular flexibility index (Phi) is 8.99. The molecule has 3 aromatic rings. The predicted molar refractivity (Wildman–Crippen MR) is 145 cm³/mol. The number of amides is 1. The van der Waals surface area contributed by atoms with E-state index >= 15 is 0 Å². The molecule has 0 saturated carbocycles. The highest BCUT2D eigenvalue weighted by Crippen LogP contribution is 2.40. The second-order valence-electron chi connectivity index (χ2n) is 9.72. The predicted octanol–water partition coefficient (Wildman–Crippen LogP) is 8.01. The van der Waals surface area contributed by atoms with E-state index in [2.05, 4.69) is 11.4 Å². The highest BCUT2D eigenvalue weighted by Gasteiger charge is 2.45. The minimum atomic E-state index is -4.66. The first-order valence-corrected chi connectivity index (χ1v) is 12.6. The number of aliphatic carboxylic acids is 1. The van der Waals surface area contributed by atoms with Gasteiger partial charge in [-0.3, -0.25) is 9.59 Å². The summed E-state index contributed by atoms with van der Waals surface area (Å²) in [5.41, 5.74) is 1.35. The SMILES string of the molecule is C[C@H]([C@H](C(=O)Nc1cc(-c2cc(C(C)(C)C#N)ccc2CC(=O)O)ccc1Cl)c1ccc(Cl)cc1)C(F)(F)F. The van der Waals surface area contributed by atoms with E-state index in [1.807, 2.05) is 0 Å². The molecular weight excluding hydrogens is 552 g/mol. The van der Waals surface area contributed by atoms with Gasteiger partial charge in [-0.25, -0.2) is 0 Å². The van der Waals surface area contributed by atoms with Crippen molar-refractivity contribution in [3.63, 3.8) is 0 Å². The summed E-state index contributed by atoms with van der Waals surface area (Å²) in [4.78, 5) is 24.8. The molecule has 2 N–H and O–H groups in total. The number of carbonyl (C=O) groups excluding carboxylic acids is 1. The molecule has 5 nitrogen and oxygen atoms in total. The first-order chi connectivity index (χ1) is 18.1. The molecule has 0 aliphatic rings. The van der Waals surface area contributed by atoms with Crippen LogP contribution in [0.2, 0.25) is 10.0 Å². The Labute approximate surface area is 234 Å². The van der Waals surface area contributed by atoms with E-state index in [0.29, 0.717) is 27.3 Å². The van der Waals surface area contributed by atoms with Gasteiger partial charge in [0.05, 0.1) is 40.5 Å². The number of nitrogens with one attached hydrogen (secondary N) is 1. The molecule has 0 aromatic heterocycles. The summed E-state index contributed by atoms with van der Waals surface area (Å²) >= 11 is 12.2. The highest BCUT2D eigenvalue weighted by molar-refractivity contribution is 6.34. The summed E-state index contributed by atoms with van der Waals surface area (Å²) in [6.07, 6.45) is -4.97. The molecule has 0 saturated heterocycles. The third kappa shape index (κ3) is 7.11. The van der Waals surface area contributed by atoms with E-state index in [4.69, 9.17) is 23.2 Å². The van der Waals surface area contributed by atoms with Crippen LogP contribution in [0, 0.1) is 17.2 Å². The molecule has 0 heterocycles. The van der Waals surface area contributed by atoms with Crippen LogP contribution in [0.4, 0.5) is 18.9 Å². The van der Waals surface area contributed by atoms with E-state index in [1.165, 1.54) is 36.4 Å². The number of nitrogens with zero attached hydrogens (tertiary/aromatic N) is 1. The van der Waals surface area contributed by atoms with E-state index in [0.717, 1.165) is 6.92 Å². The van der Waals surface area contributed by atoms with Crippen molar-refractivity contribution in [3.05, 3.63) is 87.4 Å². The van der Waals surface area contributed by atoms with Gasteiger partial charge in [-0.05, 0) is 72.0 Å². The molecule has 39 heavy (non-hydrogen) atoms.